The first kappa shape index (κ1) is 14.9. The summed E-state index contributed by atoms with van der Waals surface area (Å²) in [6.07, 6.45) is -0.714. The molecule has 1 aliphatic heterocycles. The lowest BCUT2D eigenvalue weighted by Gasteiger charge is -2.40. The number of carboxylic acid groups (broad SMARTS) is 1. The molecule has 4 N–H and O–H groups in total. The molecule has 0 aliphatic carbocycles. The van der Waals surface area contributed by atoms with Crippen LogP contribution in [-0.2, 0) is 9.59 Å². The number of amides is 1. The molecule has 1 heterocycles. The van der Waals surface area contributed by atoms with E-state index in [1.54, 1.807) is 27.7 Å². The van der Waals surface area contributed by atoms with Gasteiger partial charge in [0.25, 0.3) is 0 Å². The van der Waals surface area contributed by atoms with Gasteiger partial charge in [-0.1, -0.05) is 0 Å². The Labute approximate surface area is 107 Å². The predicted molar refractivity (Wildman–Crippen MR) is 65.8 cm³/mol. The highest BCUT2D eigenvalue weighted by Gasteiger charge is 2.48. The van der Waals surface area contributed by atoms with Crippen LogP contribution in [0.2, 0.25) is 0 Å². The second-order valence-electron chi connectivity index (χ2n) is 6.05. The number of nitrogens with two attached hydrogens (primary N) is 1. The molecule has 18 heavy (non-hydrogen) atoms. The summed E-state index contributed by atoms with van der Waals surface area (Å²) in [6, 6.07) is -0.964. The van der Waals surface area contributed by atoms with Crippen molar-refractivity contribution in [1.82, 2.24) is 4.90 Å². The fraction of sp³-hybridized carbons (Fsp3) is 0.833. The van der Waals surface area contributed by atoms with Crippen LogP contribution in [0.3, 0.4) is 0 Å². The fourth-order valence-corrected chi connectivity index (χ4v) is 1.91. The SMILES string of the molecule is CC(C)(N)C(C)(C)C(=O)N1CC(O)CC1C(=O)O. The average Bonchev–Trinajstić information content (AvgIpc) is 2.57. The van der Waals surface area contributed by atoms with Crippen molar-refractivity contribution < 1.29 is 19.8 Å². The molecule has 2 unspecified atom stereocenters. The van der Waals surface area contributed by atoms with Gasteiger partial charge in [-0.05, 0) is 27.7 Å². The Bertz CT molecular complexity index is 360. The number of aliphatic carboxylic acids is 1. The van der Waals surface area contributed by atoms with Crippen molar-refractivity contribution in [2.45, 2.75) is 51.8 Å². The van der Waals surface area contributed by atoms with Gasteiger partial charge >= 0.3 is 5.97 Å². The lowest BCUT2D eigenvalue weighted by molar-refractivity contribution is -0.154. The summed E-state index contributed by atoms with van der Waals surface area (Å²) in [5.41, 5.74) is 4.31. The Kier molecular flexibility index (Phi) is 3.74. The van der Waals surface area contributed by atoms with Gasteiger partial charge in [0.2, 0.25) is 5.91 Å². The Morgan fingerprint density at radius 1 is 1.28 bits per heavy atom. The number of carbonyl (C=O) groups is 2. The minimum absolute atomic E-state index is 0.0509. The van der Waals surface area contributed by atoms with Gasteiger partial charge in [-0.2, -0.15) is 0 Å². The number of nitrogens with zero attached hydrogens (tertiary/aromatic N) is 1. The highest BCUT2D eigenvalue weighted by Crippen LogP contribution is 2.33. The minimum atomic E-state index is -1.09. The standard InChI is InChI=1S/C12H22N2O4/c1-11(2,12(3,4)13)10(18)14-6-7(15)5-8(14)9(16)17/h7-8,15H,5-6,13H2,1-4H3,(H,16,17). The summed E-state index contributed by atoms with van der Waals surface area (Å²) in [5, 5.41) is 18.6. The molecule has 1 amide bonds. The first-order valence-electron chi connectivity index (χ1n) is 5.99. The van der Waals surface area contributed by atoms with E-state index in [0.29, 0.717) is 0 Å². The third-order valence-electron chi connectivity index (χ3n) is 3.97. The van der Waals surface area contributed by atoms with Crippen LogP contribution < -0.4 is 5.73 Å². The summed E-state index contributed by atoms with van der Waals surface area (Å²) < 4.78 is 0. The molecule has 0 radical (unpaired) electrons. The molecule has 6 nitrogen and oxygen atoms in total. The molecule has 0 aromatic rings. The number of rotatable bonds is 3. The second-order valence-corrected chi connectivity index (χ2v) is 6.05. The van der Waals surface area contributed by atoms with E-state index in [1.807, 2.05) is 0 Å². The molecule has 6 heteroatoms. The van der Waals surface area contributed by atoms with Crippen LogP contribution in [0.4, 0.5) is 0 Å². The maximum atomic E-state index is 12.4. The molecule has 0 bridgehead atoms. The molecule has 1 fully saturated rings. The largest absolute Gasteiger partial charge is 0.480 e. The summed E-state index contributed by atoms with van der Waals surface area (Å²) in [5.74, 6) is -1.43. The van der Waals surface area contributed by atoms with Crippen molar-refractivity contribution in [3.05, 3.63) is 0 Å². The van der Waals surface area contributed by atoms with Crippen LogP contribution in [0, 0.1) is 5.41 Å². The molecular formula is C12H22N2O4. The van der Waals surface area contributed by atoms with Crippen molar-refractivity contribution in [3.8, 4) is 0 Å². The molecule has 2 atom stereocenters. The number of hydrogen-bond donors (Lipinski definition) is 3. The van der Waals surface area contributed by atoms with Gasteiger partial charge in [0, 0.05) is 18.5 Å². The molecule has 104 valence electrons. The van der Waals surface area contributed by atoms with E-state index in [2.05, 4.69) is 0 Å². The number of likely N-dealkylation sites (tertiary alicyclic amines) is 1. The van der Waals surface area contributed by atoms with Crippen LogP contribution in [0.15, 0.2) is 0 Å². The van der Waals surface area contributed by atoms with E-state index in [1.165, 1.54) is 4.90 Å². The normalized spacial score (nSPS) is 25.3. The topological polar surface area (TPSA) is 104 Å². The molecule has 0 saturated carbocycles. The van der Waals surface area contributed by atoms with Crippen LogP contribution in [0.1, 0.15) is 34.1 Å². The van der Waals surface area contributed by atoms with E-state index >= 15 is 0 Å². The fourth-order valence-electron chi connectivity index (χ4n) is 1.91. The summed E-state index contributed by atoms with van der Waals surface area (Å²) in [7, 11) is 0. The van der Waals surface area contributed by atoms with Crippen LogP contribution in [-0.4, -0.2) is 51.2 Å². The highest BCUT2D eigenvalue weighted by molar-refractivity contribution is 5.88. The quantitative estimate of drug-likeness (QED) is 0.650. The van der Waals surface area contributed by atoms with Gasteiger partial charge in [-0.3, -0.25) is 4.79 Å². The molecule has 0 aromatic heterocycles. The molecule has 0 spiro atoms. The molecular weight excluding hydrogens is 236 g/mol. The van der Waals surface area contributed by atoms with E-state index in [-0.39, 0.29) is 18.9 Å². The zero-order chi connectivity index (χ0) is 14.3. The third kappa shape index (κ3) is 2.49. The minimum Gasteiger partial charge on any atom is -0.480 e. The van der Waals surface area contributed by atoms with E-state index in [9.17, 15) is 14.7 Å². The van der Waals surface area contributed by atoms with Crippen molar-refractivity contribution in [2.24, 2.45) is 11.1 Å². The van der Waals surface area contributed by atoms with E-state index in [0.717, 1.165) is 0 Å². The summed E-state index contributed by atoms with van der Waals surface area (Å²) in [4.78, 5) is 24.8. The van der Waals surface area contributed by atoms with Gasteiger partial charge in [0.15, 0.2) is 0 Å². The van der Waals surface area contributed by atoms with Crippen molar-refractivity contribution in [1.29, 1.82) is 0 Å². The van der Waals surface area contributed by atoms with Crippen LogP contribution >= 0.6 is 0 Å². The Morgan fingerprint density at radius 3 is 2.17 bits per heavy atom. The van der Waals surface area contributed by atoms with Crippen LogP contribution in [0.25, 0.3) is 0 Å². The lowest BCUT2D eigenvalue weighted by atomic mass is 9.74. The molecule has 0 aromatic carbocycles. The van der Waals surface area contributed by atoms with Gasteiger partial charge in [-0.15, -0.1) is 0 Å². The van der Waals surface area contributed by atoms with Gasteiger partial charge < -0.3 is 20.8 Å². The maximum absolute atomic E-state index is 12.4. The maximum Gasteiger partial charge on any atom is 0.326 e. The summed E-state index contributed by atoms with van der Waals surface area (Å²) >= 11 is 0. The number of aliphatic hydroxyl groups excluding tert-OH is 1. The smallest absolute Gasteiger partial charge is 0.326 e. The van der Waals surface area contributed by atoms with Crippen molar-refractivity contribution in [2.75, 3.05) is 6.54 Å². The van der Waals surface area contributed by atoms with Gasteiger partial charge in [0.05, 0.1) is 11.5 Å². The van der Waals surface area contributed by atoms with E-state index < -0.39 is 29.1 Å². The Morgan fingerprint density at radius 2 is 1.78 bits per heavy atom. The zero-order valence-corrected chi connectivity index (χ0v) is 11.3. The molecule has 1 aliphatic rings. The predicted octanol–water partition coefficient (Wildman–Crippen LogP) is -0.204. The molecule has 1 rings (SSSR count). The second kappa shape index (κ2) is 4.51. The number of hydrogen-bond acceptors (Lipinski definition) is 4. The Balaban J connectivity index is 3.00. The zero-order valence-electron chi connectivity index (χ0n) is 11.3. The average molecular weight is 258 g/mol. The number of β-amino-alcohol motifs (C(OH)–C–C–N with tert-alkyl or cyclic N) is 1. The van der Waals surface area contributed by atoms with Crippen molar-refractivity contribution >= 4 is 11.9 Å². The summed E-state index contributed by atoms with van der Waals surface area (Å²) in [6.45, 7) is 6.90. The highest BCUT2D eigenvalue weighted by atomic mass is 16.4. The van der Waals surface area contributed by atoms with Crippen molar-refractivity contribution in [3.63, 3.8) is 0 Å². The number of aliphatic hydroxyl groups is 1. The van der Waals surface area contributed by atoms with Gasteiger partial charge in [0.1, 0.15) is 6.04 Å². The lowest BCUT2D eigenvalue weighted by Crippen LogP contribution is -2.58. The monoisotopic (exact) mass is 258 g/mol. The Hall–Kier alpha value is -1.14. The number of carboxylic acids is 1. The van der Waals surface area contributed by atoms with Crippen LogP contribution in [0.5, 0.6) is 0 Å². The van der Waals surface area contributed by atoms with Gasteiger partial charge in [-0.25, -0.2) is 4.79 Å². The third-order valence-corrected chi connectivity index (χ3v) is 3.97. The molecule has 1 saturated heterocycles. The number of carbonyl (C=O) groups excluding carboxylic acids is 1. The first-order valence-corrected chi connectivity index (χ1v) is 5.99. The first-order chi connectivity index (χ1) is 7.98. The van der Waals surface area contributed by atoms with E-state index in [4.69, 9.17) is 10.8 Å².